The van der Waals surface area contributed by atoms with Crippen molar-refractivity contribution < 1.29 is 13.2 Å². The third kappa shape index (κ3) is 3.61. The van der Waals surface area contributed by atoms with Crippen LogP contribution in [-0.4, -0.2) is 20.9 Å². The predicted octanol–water partition coefficient (Wildman–Crippen LogP) is 2.72. The molecule has 0 unspecified atom stereocenters. The van der Waals surface area contributed by atoms with Gasteiger partial charge in [0.05, 0.1) is 4.90 Å². The number of nitrogens with one attached hydrogen (secondary N) is 1. The average molecular weight is 322 g/mol. The lowest BCUT2D eigenvalue weighted by atomic mass is 10.1. The molecule has 1 aliphatic rings. The highest BCUT2D eigenvalue weighted by atomic mass is 35.7. The average Bonchev–Trinajstić information content (AvgIpc) is 3.11. The maximum absolute atomic E-state index is 12.0. The molecule has 19 heavy (non-hydrogen) atoms. The van der Waals surface area contributed by atoms with Gasteiger partial charge in [-0.2, -0.15) is 0 Å². The molecular formula is C12H13Cl2NO3S. The van der Waals surface area contributed by atoms with Crippen LogP contribution in [-0.2, 0) is 9.05 Å². The molecule has 0 bridgehead atoms. The Bertz CT molecular complexity index is 624. The predicted molar refractivity (Wildman–Crippen MR) is 74.3 cm³/mol. The molecule has 0 aliphatic heterocycles. The molecule has 1 aliphatic carbocycles. The number of amides is 1. The van der Waals surface area contributed by atoms with Crippen LogP contribution >= 0.6 is 22.3 Å². The van der Waals surface area contributed by atoms with Gasteiger partial charge in [-0.05, 0) is 43.4 Å². The maximum Gasteiger partial charge on any atom is 0.261 e. The van der Waals surface area contributed by atoms with Crippen molar-refractivity contribution >= 4 is 37.2 Å². The smallest absolute Gasteiger partial charge is 0.261 e. The van der Waals surface area contributed by atoms with E-state index >= 15 is 0 Å². The molecule has 2 rings (SSSR count). The number of rotatable bonds is 4. The van der Waals surface area contributed by atoms with Crippen molar-refractivity contribution in [1.82, 2.24) is 5.32 Å². The monoisotopic (exact) mass is 321 g/mol. The van der Waals surface area contributed by atoms with E-state index in [0.717, 1.165) is 12.8 Å². The van der Waals surface area contributed by atoms with Crippen LogP contribution in [0, 0.1) is 12.8 Å². The molecule has 1 aromatic rings. The summed E-state index contributed by atoms with van der Waals surface area (Å²) in [6.07, 6.45) is 2.24. The SMILES string of the molecule is Cc1c(C(=O)NCC2CC2)cc(Cl)cc1S(=O)(=O)Cl. The van der Waals surface area contributed by atoms with E-state index in [1.807, 2.05) is 0 Å². The van der Waals surface area contributed by atoms with Gasteiger partial charge in [0.1, 0.15) is 0 Å². The molecule has 1 fully saturated rings. The zero-order chi connectivity index (χ0) is 14.2. The first-order chi connectivity index (χ1) is 8.79. The summed E-state index contributed by atoms with van der Waals surface area (Å²) in [5.41, 5.74) is 0.556. The highest BCUT2D eigenvalue weighted by Crippen LogP contribution is 2.29. The van der Waals surface area contributed by atoms with E-state index < -0.39 is 9.05 Å². The molecule has 0 spiro atoms. The lowest BCUT2D eigenvalue weighted by molar-refractivity contribution is 0.0951. The molecule has 0 radical (unpaired) electrons. The lowest BCUT2D eigenvalue weighted by Gasteiger charge is -2.10. The van der Waals surface area contributed by atoms with E-state index in [4.69, 9.17) is 22.3 Å². The first kappa shape index (κ1) is 14.6. The molecular weight excluding hydrogens is 309 g/mol. The van der Waals surface area contributed by atoms with Crippen LogP contribution in [0.4, 0.5) is 0 Å². The van der Waals surface area contributed by atoms with E-state index in [-0.39, 0.29) is 21.4 Å². The van der Waals surface area contributed by atoms with E-state index in [1.165, 1.54) is 19.1 Å². The van der Waals surface area contributed by atoms with E-state index in [1.54, 1.807) is 0 Å². The Morgan fingerprint density at radius 1 is 1.42 bits per heavy atom. The van der Waals surface area contributed by atoms with Gasteiger partial charge >= 0.3 is 0 Å². The van der Waals surface area contributed by atoms with Gasteiger partial charge in [0, 0.05) is 27.8 Å². The molecule has 1 saturated carbocycles. The van der Waals surface area contributed by atoms with Crippen LogP contribution in [0.25, 0.3) is 0 Å². The van der Waals surface area contributed by atoms with Crippen LogP contribution in [0.1, 0.15) is 28.8 Å². The number of hydrogen-bond donors (Lipinski definition) is 1. The van der Waals surface area contributed by atoms with Gasteiger partial charge < -0.3 is 5.32 Å². The fourth-order valence-electron chi connectivity index (χ4n) is 1.80. The second-order valence-electron chi connectivity index (χ2n) is 4.67. The van der Waals surface area contributed by atoms with Gasteiger partial charge in [-0.1, -0.05) is 11.6 Å². The molecule has 0 saturated heterocycles. The fraction of sp³-hybridized carbons (Fsp3) is 0.417. The molecule has 0 atom stereocenters. The Morgan fingerprint density at radius 3 is 2.58 bits per heavy atom. The Labute approximate surface area is 121 Å². The number of halogens is 2. The lowest BCUT2D eigenvalue weighted by Crippen LogP contribution is -2.26. The van der Waals surface area contributed by atoms with Crippen LogP contribution < -0.4 is 5.32 Å². The molecule has 1 aromatic carbocycles. The van der Waals surface area contributed by atoms with Crippen molar-refractivity contribution in [3.8, 4) is 0 Å². The van der Waals surface area contributed by atoms with Crippen molar-refractivity contribution in [2.45, 2.75) is 24.7 Å². The zero-order valence-corrected chi connectivity index (χ0v) is 12.6. The molecule has 0 heterocycles. The number of carbonyl (C=O) groups excluding carboxylic acids is 1. The van der Waals surface area contributed by atoms with Gasteiger partial charge in [-0.25, -0.2) is 8.42 Å². The Kier molecular flexibility index (Phi) is 4.08. The Hall–Kier alpha value is -0.780. The second-order valence-corrected chi connectivity index (χ2v) is 7.64. The summed E-state index contributed by atoms with van der Waals surface area (Å²) < 4.78 is 22.9. The fourth-order valence-corrected chi connectivity index (χ4v) is 3.30. The highest BCUT2D eigenvalue weighted by molar-refractivity contribution is 8.13. The van der Waals surface area contributed by atoms with Gasteiger partial charge in [0.25, 0.3) is 15.0 Å². The van der Waals surface area contributed by atoms with Crippen molar-refractivity contribution in [2.75, 3.05) is 6.54 Å². The normalized spacial score (nSPS) is 15.3. The number of benzene rings is 1. The van der Waals surface area contributed by atoms with E-state index in [0.29, 0.717) is 18.0 Å². The van der Waals surface area contributed by atoms with Crippen molar-refractivity contribution in [3.05, 3.63) is 28.3 Å². The second kappa shape index (κ2) is 5.31. The van der Waals surface area contributed by atoms with Crippen LogP contribution in [0.5, 0.6) is 0 Å². The summed E-state index contributed by atoms with van der Waals surface area (Å²) in [6, 6.07) is 2.70. The van der Waals surface area contributed by atoms with Crippen molar-refractivity contribution in [2.24, 2.45) is 5.92 Å². The third-order valence-electron chi connectivity index (χ3n) is 3.08. The van der Waals surface area contributed by atoms with E-state index in [2.05, 4.69) is 5.32 Å². The van der Waals surface area contributed by atoms with Crippen molar-refractivity contribution in [3.63, 3.8) is 0 Å². The largest absolute Gasteiger partial charge is 0.352 e. The number of carbonyl (C=O) groups is 1. The minimum atomic E-state index is -3.92. The standard InChI is InChI=1S/C12H13Cl2NO3S/c1-7-10(12(16)15-6-8-2-3-8)4-9(13)5-11(7)19(14,17)18/h4-5,8H,2-3,6H2,1H3,(H,15,16). The topological polar surface area (TPSA) is 63.2 Å². The number of hydrogen-bond acceptors (Lipinski definition) is 3. The maximum atomic E-state index is 12.0. The summed E-state index contributed by atoms with van der Waals surface area (Å²) in [7, 11) is 1.41. The zero-order valence-electron chi connectivity index (χ0n) is 10.2. The third-order valence-corrected chi connectivity index (χ3v) is 4.75. The summed E-state index contributed by atoms with van der Waals surface area (Å²) in [5, 5.41) is 2.94. The molecule has 7 heteroatoms. The minimum Gasteiger partial charge on any atom is -0.352 e. The summed E-state index contributed by atoms with van der Waals surface area (Å²) in [6.45, 7) is 2.14. The highest BCUT2D eigenvalue weighted by Gasteiger charge is 2.24. The van der Waals surface area contributed by atoms with Crippen molar-refractivity contribution in [1.29, 1.82) is 0 Å². The summed E-state index contributed by atoms with van der Waals surface area (Å²) in [4.78, 5) is 11.9. The van der Waals surface area contributed by atoms with E-state index in [9.17, 15) is 13.2 Å². The van der Waals surface area contributed by atoms with Crippen LogP contribution in [0.15, 0.2) is 17.0 Å². The Morgan fingerprint density at radius 2 is 2.05 bits per heavy atom. The van der Waals surface area contributed by atoms with Crippen LogP contribution in [0.3, 0.4) is 0 Å². The molecule has 4 nitrogen and oxygen atoms in total. The first-order valence-corrected chi connectivity index (χ1v) is 8.51. The quantitative estimate of drug-likeness (QED) is 0.867. The summed E-state index contributed by atoms with van der Waals surface area (Å²) >= 11 is 5.84. The minimum absolute atomic E-state index is 0.127. The molecule has 1 amide bonds. The Balaban J connectivity index is 2.33. The van der Waals surface area contributed by atoms with Crippen LogP contribution in [0.2, 0.25) is 5.02 Å². The van der Waals surface area contributed by atoms with Gasteiger partial charge in [-0.15, -0.1) is 0 Å². The van der Waals surface area contributed by atoms with Gasteiger partial charge in [0.15, 0.2) is 0 Å². The molecule has 0 aromatic heterocycles. The van der Waals surface area contributed by atoms with Gasteiger partial charge in [0.2, 0.25) is 0 Å². The molecule has 1 N–H and O–H groups in total. The van der Waals surface area contributed by atoms with Gasteiger partial charge in [-0.3, -0.25) is 4.79 Å². The molecule has 104 valence electrons. The first-order valence-electron chi connectivity index (χ1n) is 5.82. The summed E-state index contributed by atoms with van der Waals surface area (Å²) in [5.74, 6) is 0.216.